The van der Waals surface area contributed by atoms with E-state index in [4.69, 9.17) is 15.2 Å². The smallest absolute Gasteiger partial charge is 0.312 e. The Kier molecular flexibility index (Phi) is 33.0. The fourth-order valence-electron chi connectivity index (χ4n) is 3.68. The van der Waals surface area contributed by atoms with Gasteiger partial charge in [0.1, 0.15) is 18.4 Å². The number of benzene rings is 1. The van der Waals surface area contributed by atoms with Gasteiger partial charge in [-0.25, -0.2) is 4.79 Å². The van der Waals surface area contributed by atoms with Gasteiger partial charge in [0.15, 0.2) is 0 Å². The summed E-state index contributed by atoms with van der Waals surface area (Å²) in [6.07, 6.45) is 1.64. The minimum absolute atomic E-state index is 0.00726. The molecule has 0 spiro atoms. The zero-order chi connectivity index (χ0) is 44.5. The lowest BCUT2D eigenvalue weighted by molar-refractivity contribution is -0.148. The number of amides is 8. The molecule has 0 saturated carbocycles. The second-order valence-corrected chi connectivity index (χ2v) is 12.5. The van der Waals surface area contributed by atoms with Crippen LogP contribution >= 0.6 is 0 Å². The van der Waals surface area contributed by atoms with E-state index in [1.54, 1.807) is 40.7 Å². The molecule has 1 rings (SSSR count). The number of nitrogens with one attached hydrogen (secondary N) is 6. The van der Waals surface area contributed by atoms with Gasteiger partial charge in [-0.2, -0.15) is 0 Å². The summed E-state index contributed by atoms with van der Waals surface area (Å²) in [6.45, 7) is 16.0. The molecule has 324 valence electrons. The van der Waals surface area contributed by atoms with Crippen molar-refractivity contribution in [1.82, 2.24) is 26.6 Å². The van der Waals surface area contributed by atoms with Gasteiger partial charge >= 0.3 is 12.0 Å². The van der Waals surface area contributed by atoms with Gasteiger partial charge in [0.2, 0.25) is 29.5 Å². The molecule has 19 nitrogen and oxygen atoms in total. The van der Waals surface area contributed by atoms with Crippen LogP contribution in [-0.4, -0.2) is 99.2 Å². The summed E-state index contributed by atoms with van der Waals surface area (Å²) in [7, 11) is 1.44. The van der Waals surface area contributed by atoms with Gasteiger partial charge in [-0.3, -0.25) is 38.4 Å². The van der Waals surface area contributed by atoms with Crippen LogP contribution in [0.1, 0.15) is 104 Å². The first-order valence-electron chi connectivity index (χ1n) is 18.8. The Morgan fingerprint density at radius 3 is 1.84 bits per heavy atom. The molecule has 0 saturated heterocycles. The standard InChI is InChI=1S/C29H43N5O9.C4H10N2O.C3H7NO.C2H6/c1-17(2)26(34-25(38)14-31-23(36)10-12-42-11-9-19(5)35)28(40)32-15-24(37)33-21-8-7-20(16-43-29(41)18(3)4)22(13-21)27(39)30-6;1-2-3-6-4(5)7;1-2-3(4)5;1-2/h7-8,13,17-18,26H,9-12,14-16H2,1-6H3,(H,30,39)(H,31,36)(H,32,40)(H,33,37)(H,34,38);2-3H2,1H3,(H3,5,6,7);2H2,1H3,(H2,4,5);1-2H3. The second-order valence-electron chi connectivity index (χ2n) is 12.5. The fraction of sp³-hybridized carbons (Fsp3) is 0.605. The number of primary amides is 2. The van der Waals surface area contributed by atoms with Gasteiger partial charge in [0.25, 0.3) is 5.91 Å². The lowest BCUT2D eigenvalue weighted by Gasteiger charge is -2.21. The Balaban J connectivity index is -0.00000177. The maximum Gasteiger partial charge on any atom is 0.312 e. The van der Waals surface area contributed by atoms with E-state index in [0.29, 0.717) is 18.5 Å². The van der Waals surface area contributed by atoms with E-state index in [2.05, 4.69) is 37.6 Å². The Morgan fingerprint density at radius 2 is 1.37 bits per heavy atom. The number of hydrogen-bond acceptors (Lipinski definition) is 11. The summed E-state index contributed by atoms with van der Waals surface area (Å²) in [5, 5.41) is 15.0. The summed E-state index contributed by atoms with van der Waals surface area (Å²) in [6, 6.07) is 3.11. The largest absolute Gasteiger partial charge is 0.461 e. The Labute approximate surface area is 336 Å². The van der Waals surface area contributed by atoms with Crippen molar-refractivity contribution < 1.29 is 52.6 Å². The first-order chi connectivity index (χ1) is 26.8. The number of anilines is 1. The van der Waals surface area contributed by atoms with Crippen molar-refractivity contribution in [2.24, 2.45) is 23.3 Å². The summed E-state index contributed by atoms with van der Waals surface area (Å²) in [5.74, 6) is -3.98. The lowest BCUT2D eigenvalue weighted by Crippen LogP contribution is -2.52. The van der Waals surface area contributed by atoms with Crippen LogP contribution in [0.3, 0.4) is 0 Å². The summed E-state index contributed by atoms with van der Waals surface area (Å²) < 4.78 is 10.4. The quantitative estimate of drug-likeness (QED) is 0.0649. The van der Waals surface area contributed by atoms with Crippen LogP contribution in [0.25, 0.3) is 0 Å². The molecule has 19 heteroatoms. The predicted molar refractivity (Wildman–Crippen MR) is 215 cm³/mol. The number of urea groups is 1. The van der Waals surface area contributed by atoms with Gasteiger partial charge < -0.3 is 52.8 Å². The average molecular weight is 811 g/mol. The summed E-state index contributed by atoms with van der Waals surface area (Å²) in [4.78, 5) is 104. The van der Waals surface area contributed by atoms with E-state index < -0.39 is 54.1 Å². The Bertz CT molecular complexity index is 1440. The number of carbonyl (C=O) groups excluding carboxylic acids is 9. The molecule has 10 N–H and O–H groups in total. The maximum atomic E-state index is 12.7. The molecule has 57 heavy (non-hydrogen) atoms. The predicted octanol–water partition coefficient (Wildman–Crippen LogP) is 1.42. The van der Waals surface area contributed by atoms with E-state index in [9.17, 15) is 43.2 Å². The molecule has 0 bridgehead atoms. The molecule has 8 amide bonds. The number of hydrogen-bond donors (Lipinski definition) is 8. The van der Waals surface area contributed by atoms with Crippen LogP contribution in [0.2, 0.25) is 0 Å². The first-order valence-corrected chi connectivity index (χ1v) is 18.8. The molecule has 0 fully saturated rings. The highest BCUT2D eigenvalue weighted by molar-refractivity contribution is 6.00. The molecule has 1 unspecified atom stereocenters. The van der Waals surface area contributed by atoms with E-state index in [1.165, 1.54) is 26.1 Å². The molecule has 0 radical (unpaired) electrons. The SMILES string of the molecule is CC.CCC(N)=O.CCCNC(N)=O.CNC(=O)c1cc(NC(=O)CNC(=O)C(NC(=O)CNC(=O)CCOCCC(C)=O)C(C)C)ccc1COC(=O)C(C)C. The highest BCUT2D eigenvalue weighted by Crippen LogP contribution is 2.18. The second kappa shape index (κ2) is 33.7. The van der Waals surface area contributed by atoms with Gasteiger partial charge in [-0.05, 0) is 31.4 Å². The molecule has 0 aliphatic heterocycles. The first kappa shape index (κ1) is 55.7. The van der Waals surface area contributed by atoms with Crippen molar-refractivity contribution in [2.45, 2.75) is 101 Å². The van der Waals surface area contributed by atoms with Crippen LogP contribution in [-0.2, 0) is 49.6 Å². The third-order valence-electron chi connectivity index (χ3n) is 6.81. The third-order valence-corrected chi connectivity index (χ3v) is 6.81. The number of carbonyl (C=O) groups is 9. The van der Waals surface area contributed by atoms with Crippen molar-refractivity contribution in [3.63, 3.8) is 0 Å². The Hall–Kier alpha value is -5.59. The highest BCUT2D eigenvalue weighted by atomic mass is 16.5. The fourth-order valence-corrected chi connectivity index (χ4v) is 3.68. The van der Waals surface area contributed by atoms with Crippen LogP contribution < -0.4 is 43.4 Å². The molecular formula is C38H66N8O11. The number of esters is 1. The van der Waals surface area contributed by atoms with E-state index in [0.717, 1.165) is 6.42 Å². The van der Waals surface area contributed by atoms with Crippen LogP contribution in [0.15, 0.2) is 18.2 Å². The summed E-state index contributed by atoms with van der Waals surface area (Å²) >= 11 is 0. The van der Waals surface area contributed by atoms with Gasteiger partial charge in [0.05, 0.1) is 32.2 Å². The third kappa shape index (κ3) is 30.3. The number of ether oxygens (including phenoxy) is 2. The van der Waals surface area contributed by atoms with Crippen molar-refractivity contribution in [3.8, 4) is 0 Å². The highest BCUT2D eigenvalue weighted by Gasteiger charge is 2.25. The van der Waals surface area contributed by atoms with Crippen molar-refractivity contribution in [3.05, 3.63) is 29.3 Å². The molecule has 0 aromatic heterocycles. The van der Waals surface area contributed by atoms with Gasteiger partial charge in [-0.1, -0.05) is 61.5 Å². The van der Waals surface area contributed by atoms with Gasteiger partial charge in [-0.15, -0.1) is 0 Å². The minimum atomic E-state index is -0.972. The average Bonchev–Trinajstić information content (AvgIpc) is 3.17. The van der Waals surface area contributed by atoms with E-state index in [1.807, 2.05) is 20.8 Å². The van der Waals surface area contributed by atoms with Crippen molar-refractivity contribution in [1.29, 1.82) is 0 Å². The summed E-state index contributed by atoms with van der Waals surface area (Å²) in [5.41, 5.74) is 10.3. The number of ketones is 1. The number of rotatable bonds is 21. The van der Waals surface area contributed by atoms with E-state index >= 15 is 0 Å². The maximum absolute atomic E-state index is 12.7. The van der Waals surface area contributed by atoms with Crippen LogP contribution in [0.4, 0.5) is 10.5 Å². The van der Waals surface area contributed by atoms with Crippen LogP contribution in [0, 0.1) is 11.8 Å². The molecule has 1 atom stereocenters. The van der Waals surface area contributed by atoms with Crippen molar-refractivity contribution in [2.75, 3.05) is 45.2 Å². The minimum Gasteiger partial charge on any atom is -0.461 e. The molecular weight excluding hydrogens is 744 g/mol. The zero-order valence-corrected chi connectivity index (χ0v) is 35.2. The molecule has 1 aromatic rings. The van der Waals surface area contributed by atoms with E-state index in [-0.39, 0.29) is 74.0 Å². The molecule has 0 aliphatic carbocycles. The Morgan fingerprint density at radius 1 is 0.789 bits per heavy atom. The molecule has 0 aliphatic rings. The monoisotopic (exact) mass is 810 g/mol. The normalized spacial score (nSPS) is 10.3. The van der Waals surface area contributed by atoms with Gasteiger partial charge in [0, 0.05) is 49.7 Å². The van der Waals surface area contributed by atoms with Crippen LogP contribution in [0.5, 0.6) is 0 Å². The number of Topliss-reactive ketones (excluding diaryl/α,β-unsaturated/α-hetero) is 1. The topological polar surface area (TPSA) is 296 Å². The zero-order valence-electron chi connectivity index (χ0n) is 35.2. The lowest BCUT2D eigenvalue weighted by atomic mass is 10.0. The number of nitrogens with two attached hydrogens (primary N) is 2. The van der Waals surface area contributed by atoms with Crippen molar-refractivity contribution >= 4 is 58.9 Å². The molecule has 0 heterocycles. The molecule has 1 aromatic carbocycles.